The van der Waals surface area contributed by atoms with Gasteiger partial charge in [0.25, 0.3) is 0 Å². The maximum absolute atomic E-state index is 12.2. The number of benzene rings is 3. The Hall–Kier alpha value is -3.22. The highest BCUT2D eigenvalue weighted by Crippen LogP contribution is 2.24. The average Bonchev–Trinajstić information content (AvgIpc) is 3.10. The van der Waals surface area contributed by atoms with Gasteiger partial charge in [0.05, 0.1) is 11.1 Å². The van der Waals surface area contributed by atoms with Crippen molar-refractivity contribution in [1.82, 2.24) is 0 Å². The van der Waals surface area contributed by atoms with Gasteiger partial charge in [0.1, 0.15) is 5.75 Å². The van der Waals surface area contributed by atoms with Crippen molar-refractivity contribution < 1.29 is 19.1 Å². The fourth-order valence-electron chi connectivity index (χ4n) is 2.70. The standard InChI is InChI=1S/C23H13BrClNO4/c24-19-4-2-1-3-18(19)21-26-20(23(28)30-21)13-14-5-11-17(12-6-14)29-22(27)15-7-9-16(25)10-8-15/h1-13H/b20-13-. The zero-order valence-electron chi connectivity index (χ0n) is 15.3. The van der Waals surface area contributed by atoms with Crippen molar-refractivity contribution in [1.29, 1.82) is 0 Å². The van der Waals surface area contributed by atoms with Crippen LogP contribution < -0.4 is 4.74 Å². The molecule has 4 rings (SSSR count). The molecule has 0 fully saturated rings. The van der Waals surface area contributed by atoms with Crippen LogP contribution in [0.15, 0.2) is 88.0 Å². The fourth-order valence-corrected chi connectivity index (χ4v) is 3.28. The topological polar surface area (TPSA) is 65.0 Å². The molecule has 0 radical (unpaired) electrons. The van der Waals surface area contributed by atoms with Crippen LogP contribution in [0.25, 0.3) is 6.08 Å². The van der Waals surface area contributed by atoms with E-state index in [1.807, 2.05) is 24.3 Å². The summed E-state index contributed by atoms with van der Waals surface area (Å²) in [6, 6.07) is 20.5. The number of esters is 2. The first-order chi connectivity index (χ1) is 14.5. The second-order valence-electron chi connectivity index (χ2n) is 6.28. The summed E-state index contributed by atoms with van der Waals surface area (Å²) in [5.41, 5.74) is 1.99. The van der Waals surface area contributed by atoms with Gasteiger partial charge < -0.3 is 9.47 Å². The molecule has 0 spiro atoms. The summed E-state index contributed by atoms with van der Waals surface area (Å²) in [6.07, 6.45) is 1.61. The molecule has 3 aromatic rings. The molecule has 0 atom stereocenters. The highest BCUT2D eigenvalue weighted by molar-refractivity contribution is 9.10. The summed E-state index contributed by atoms with van der Waals surface area (Å²) in [4.78, 5) is 28.6. The smallest absolute Gasteiger partial charge is 0.363 e. The van der Waals surface area contributed by atoms with Gasteiger partial charge in [0.15, 0.2) is 5.70 Å². The minimum atomic E-state index is -0.529. The normalized spacial score (nSPS) is 14.4. The molecule has 0 amide bonds. The number of cyclic esters (lactones) is 1. The largest absolute Gasteiger partial charge is 0.423 e. The van der Waals surface area contributed by atoms with Crippen LogP contribution in [-0.2, 0) is 9.53 Å². The highest BCUT2D eigenvalue weighted by atomic mass is 79.9. The average molecular weight is 483 g/mol. The van der Waals surface area contributed by atoms with Gasteiger partial charge in [-0.15, -0.1) is 0 Å². The molecule has 5 nitrogen and oxygen atoms in total. The zero-order chi connectivity index (χ0) is 21.1. The predicted molar refractivity (Wildman–Crippen MR) is 118 cm³/mol. The molecule has 3 aromatic carbocycles. The van der Waals surface area contributed by atoms with Crippen LogP contribution in [-0.4, -0.2) is 17.8 Å². The third-order valence-electron chi connectivity index (χ3n) is 4.20. The van der Waals surface area contributed by atoms with Crippen LogP contribution in [0.5, 0.6) is 5.75 Å². The molecule has 1 aliphatic heterocycles. The molecule has 0 bridgehead atoms. The number of hydrogen-bond donors (Lipinski definition) is 0. The van der Waals surface area contributed by atoms with E-state index in [2.05, 4.69) is 20.9 Å². The summed E-state index contributed by atoms with van der Waals surface area (Å²) in [5.74, 6) is -0.394. The second-order valence-corrected chi connectivity index (χ2v) is 7.57. The first-order valence-electron chi connectivity index (χ1n) is 8.85. The molecule has 7 heteroatoms. The molecule has 1 aliphatic rings. The Morgan fingerprint density at radius 1 is 1.00 bits per heavy atom. The molecule has 0 saturated carbocycles. The lowest BCUT2D eigenvalue weighted by molar-refractivity contribution is -0.129. The molecule has 148 valence electrons. The fraction of sp³-hybridized carbons (Fsp3) is 0. The van der Waals surface area contributed by atoms with Gasteiger partial charge >= 0.3 is 11.9 Å². The molecule has 30 heavy (non-hydrogen) atoms. The third kappa shape index (κ3) is 4.50. The van der Waals surface area contributed by atoms with E-state index in [0.717, 1.165) is 4.47 Å². The van der Waals surface area contributed by atoms with Gasteiger partial charge in [0, 0.05) is 9.50 Å². The second kappa shape index (κ2) is 8.65. The lowest BCUT2D eigenvalue weighted by Gasteiger charge is -2.05. The first kappa shape index (κ1) is 20.1. The Morgan fingerprint density at radius 2 is 1.70 bits per heavy atom. The van der Waals surface area contributed by atoms with Gasteiger partial charge in [-0.2, -0.15) is 0 Å². The van der Waals surface area contributed by atoms with E-state index < -0.39 is 11.9 Å². The van der Waals surface area contributed by atoms with Gasteiger partial charge in [-0.05, 0) is 76.1 Å². The number of ether oxygens (including phenoxy) is 2. The number of carbonyl (C=O) groups is 2. The molecule has 0 saturated heterocycles. The highest BCUT2D eigenvalue weighted by Gasteiger charge is 2.25. The van der Waals surface area contributed by atoms with Crippen LogP contribution in [0.1, 0.15) is 21.5 Å². The predicted octanol–water partition coefficient (Wildman–Crippen LogP) is 5.67. The van der Waals surface area contributed by atoms with E-state index in [0.29, 0.717) is 27.5 Å². The van der Waals surface area contributed by atoms with Crippen LogP contribution in [0.2, 0.25) is 5.02 Å². The third-order valence-corrected chi connectivity index (χ3v) is 5.14. The Bertz CT molecular complexity index is 1180. The van der Waals surface area contributed by atoms with Crippen molar-refractivity contribution in [3.05, 3.63) is 105 Å². The quantitative estimate of drug-likeness (QED) is 0.273. The van der Waals surface area contributed by atoms with Crippen molar-refractivity contribution in [2.24, 2.45) is 4.99 Å². The lowest BCUT2D eigenvalue weighted by atomic mass is 10.2. The monoisotopic (exact) mass is 481 g/mol. The van der Waals surface area contributed by atoms with E-state index in [-0.39, 0.29) is 11.6 Å². The molecular weight excluding hydrogens is 470 g/mol. The number of nitrogens with zero attached hydrogens (tertiary/aromatic N) is 1. The maximum Gasteiger partial charge on any atom is 0.363 e. The lowest BCUT2D eigenvalue weighted by Crippen LogP contribution is -2.08. The van der Waals surface area contributed by atoms with Gasteiger partial charge in [0.2, 0.25) is 5.90 Å². The van der Waals surface area contributed by atoms with Crippen molar-refractivity contribution in [3.8, 4) is 5.75 Å². The molecular formula is C23H13BrClNO4. The maximum atomic E-state index is 12.2. The number of hydrogen-bond acceptors (Lipinski definition) is 5. The Balaban J connectivity index is 1.49. The zero-order valence-corrected chi connectivity index (χ0v) is 17.7. The number of rotatable bonds is 4. The minimum absolute atomic E-state index is 0.187. The van der Waals surface area contributed by atoms with E-state index in [9.17, 15) is 9.59 Å². The number of carbonyl (C=O) groups excluding carboxylic acids is 2. The summed E-state index contributed by atoms with van der Waals surface area (Å²) in [5, 5.41) is 0.541. The Morgan fingerprint density at radius 3 is 2.40 bits per heavy atom. The molecule has 0 aromatic heterocycles. The van der Waals surface area contributed by atoms with Crippen molar-refractivity contribution in [2.75, 3.05) is 0 Å². The Labute approximate surface area is 185 Å². The van der Waals surface area contributed by atoms with Crippen molar-refractivity contribution in [2.45, 2.75) is 0 Å². The number of aliphatic imine (C=N–C) groups is 1. The minimum Gasteiger partial charge on any atom is -0.423 e. The van der Waals surface area contributed by atoms with Gasteiger partial charge in [-0.25, -0.2) is 14.6 Å². The van der Waals surface area contributed by atoms with E-state index >= 15 is 0 Å². The van der Waals surface area contributed by atoms with Crippen LogP contribution in [0, 0.1) is 0 Å². The van der Waals surface area contributed by atoms with Crippen LogP contribution in [0.3, 0.4) is 0 Å². The summed E-state index contributed by atoms with van der Waals surface area (Å²) < 4.78 is 11.4. The first-order valence-corrected chi connectivity index (χ1v) is 10.0. The van der Waals surface area contributed by atoms with E-state index in [1.165, 1.54) is 0 Å². The van der Waals surface area contributed by atoms with Crippen molar-refractivity contribution in [3.63, 3.8) is 0 Å². The molecule has 0 unspecified atom stereocenters. The van der Waals surface area contributed by atoms with E-state index in [1.54, 1.807) is 54.6 Å². The summed E-state index contributed by atoms with van der Waals surface area (Å²) >= 11 is 9.24. The van der Waals surface area contributed by atoms with Gasteiger partial charge in [-0.1, -0.05) is 35.9 Å². The molecule has 0 N–H and O–H groups in total. The summed E-state index contributed by atoms with van der Waals surface area (Å²) in [7, 11) is 0. The van der Waals surface area contributed by atoms with Crippen LogP contribution in [0.4, 0.5) is 0 Å². The van der Waals surface area contributed by atoms with E-state index in [4.69, 9.17) is 21.1 Å². The molecule has 0 aliphatic carbocycles. The Kier molecular flexibility index (Phi) is 5.79. The SMILES string of the molecule is O=C1OC(c2ccccc2Br)=N/C1=C\c1ccc(OC(=O)c2ccc(Cl)cc2)cc1. The summed E-state index contributed by atoms with van der Waals surface area (Å²) in [6.45, 7) is 0. The van der Waals surface area contributed by atoms with Gasteiger partial charge in [-0.3, -0.25) is 0 Å². The number of halogens is 2. The molecule has 1 heterocycles. The van der Waals surface area contributed by atoms with Crippen LogP contribution >= 0.6 is 27.5 Å². The van der Waals surface area contributed by atoms with Crippen molar-refractivity contribution >= 4 is 51.4 Å².